The minimum atomic E-state index is -4.63. The summed E-state index contributed by atoms with van der Waals surface area (Å²) < 4.78 is 49.5. The summed E-state index contributed by atoms with van der Waals surface area (Å²) in [5.41, 5.74) is 1.10. The van der Waals surface area contributed by atoms with Gasteiger partial charge in [0.25, 0.3) is 0 Å². The predicted molar refractivity (Wildman–Crippen MR) is 69.2 cm³/mol. The lowest BCUT2D eigenvalue weighted by Gasteiger charge is -2.15. The van der Waals surface area contributed by atoms with Gasteiger partial charge in [-0.05, 0) is 30.0 Å². The summed E-state index contributed by atoms with van der Waals surface area (Å²) in [4.78, 5) is 0. The number of alkyl halides is 3. The Morgan fingerprint density at radius 2 is 1.85 bits per heavy atom. The minimum Gasteiger partial charge on any atom is -0.493 e. The van der Waals surface area contributed by atoms with Crippen molar-refractivity contribution < 1.29 is 27.4 Å². The van der Waals surface area contributed by atoms with E-state index in [0.717, 1.165) is 12.0 Å². The average molecular weight is 292 g/mol. The highest BCUT2D eigenvalue weighted by atomic mass is 19.4. The van der Waals surface area contributed by atoms with E-state index in [2.05, 4.69) is 18.6 Å². The molecule has 1 unspecified atom stereocenters. The fourth-order valence-corrected chi connectivity index (χ4v) is 1.65. The maximum absolute atomic E-state index is 11.8. The second kappa shape index (κ2) is 7.38. The highest BCUT2D eigenvalue weighted by Crippen LogP contribution is 2.31. The van der Waals surface area contributed by atoms with Gasteiger partial charge in [-0.25, -0.2) is 0 Å². The summed E-state index contributed by atoms with van der Waals surface area (Å²) in [5, 5.41) is 0. The second-order valence-corrected chi connectivity index (χ2v) is 4.36. The minimum absolute atomic E-state index is 0.196. The van der Waals surface area contributed by atoms with Crippen LogP contribution >= 0.6 is 0 Å². The van der Waals surface area contributed by atoms with E-state index in [9.17, 15) is 13.2 Å². The van der Waals surface area contributed by atoms with Crippen molar-refractivity contribution in [2.75, 3.05) is 20.3 Å². The van der Waals surface area contributed by atoms with Crippen molar-refractivity contribution >= 4 is 0 Å². The molecular weight excluding hydrogens is 273 g/mol. The zero-order valence-electron chi connectivity index (χ0n) is 11.8. The maximum Gasteiger partial charge on any atom is 0.522 e. The molecule has 0 aliphatic heterocycles. The second-order valence-electron chi connectivity index (χ2n) is 4.36. The highest BCUT2D eigenvalue weighted by molar-refractivity contribution is 5.43. The molecule has 0 fully saturated rings. The van der Waals surface area contributed by atoms with Gasteiger partial charge in [-0.2, -0.15) is 0 Å². The monoisotopic (exact) mass is 292 g/mol. The smallest absolute Gasteiger partial charge is 0.493 e. The molecule has 0 radical (unpaired) electrons. The lowest BCUT2D eigenvalue weighted by Crippen LogP contribution is -2.18. The predicted octanol–water partition coefficient (Wildman–Crippen LogP) is 4.12. The first kappa shape index (κ1) is 16.6. The number of benzene rings is 1. The van der Waals surface area contributed by atoms with Gasteiger partial charge in [0.15, 0.2) is 11.5 Å². The van der Waals surface area contributed by atoms with Gasteiger partial charge in [0.1, 0.15) is 6.61 Å². The van der Waals surface area contributed by atoms with E-state index >= 15 is 0 Å². The first-order chi connectivity index (χ1) is 9.37. The Morgan fingerprint density at radius 3 is 2.40 bits per heavy atom. The molecule has 0 heterocycles. The van der Waals surface area contributed by atoms with Crippen LogP contribution in [0.1, 0.15) is 31.7 Å². The fourth-order valence-electron chi connectivity index (χ4n) is 1.65. The zero-order chi connectivity index (χ0) is 15.2. The molecule has 114 valence electrons. The van der Waals surface area contributed by atoms with Gasteiger partial charge in [0, 0.05) is 0 Å². The van der Waals surface area contributed by atoms with E-state index in [1.807, 2.05) is 12.1 Å². The van der Waals surface area contributed by atoms with Crippen molar-refractivity contribution in [2.45, 2.75) is 32.5 Å². The van der Waals surface area contributed by atoms with E-state index in [-0.39, 0.29) is 6.61 Å². The van der Waals surface area contributed by atoms with Gasteiger partial charge >= 0.3 is 6.36 Å². The Balaban J connectivity index is 2.62. The molecule has 1 atom stereocenters. The van der Waals surface area contributed by atoms with Gasteiger partial charge in [-0.15, -0.1) is 13.2 Å². The molecule has 0 saturated heterocycles. The molecule has 3 nitrogen and oxygen atoms in total. The van der Waals surface area contributed by atoms with Crippen LogP contribution in [0.4, 0.5) is 13.2 Å². The van der Waals surface area contributed by atoms with Crippen LogP contribution in [0.2, 0.25) is 0 Å². The van der Waals surface area contributed by atoms with Crippen LogP contribution in [0.25, 0.3) is 0 Å². The average Bonchev–Trinajstić information content (AvgIpc) is 2.41. The topological polar surface area (TPSA) is 27.7 Å². The van der Waals surface area contributed by atoms with Gasteiger partial charge in [-0.3, -0.25) is 4.74 Å². The molecule has 0 saturated carbocycles. The maximum atomic E-state index is 11.8. The largest absolute Gasteiger partial charge is 0.522 e. The molecule has 0 aliphatic rings. The summed E-state index contributed by atoms with van der Waals surface area (Å²) in [6.07, 6.45) is -3.64. The molecular formula is C14H19F3O3. The number of hydrogen-bond acceptors (Lipinski definition) is 3. The molecule has 0 amide bonds. The van der Waals surface area contributed by atoms with Crippen LogP contribution in [0.3, 0.4) is 0 Å². The molecule has 0 N–H and O–H groups in total. The molecule has 0 spiro atoms. The third-order valence-electron chi connectivity index (χ3n) is 2.98. The van der Waals surface area contributed by atoms with Gasteiger partial charge in [0.05, 0.1) is 13.7 Å². The number of halogens is 3. The standard InChI is InChI=1S/C14H19F3O3/c1-4-10(2)11-5-6-12(13(9-11)18-3)19-7-8-20-14(15,16)17/h5-6,9-10H,4,7-8H2,1-3H3. The van der Waals surface area contributed by atoms with E-state index < -0.39 is 13.0 Å². The summed E-state index contributed by atoms with van der Waals surface area (Å²) in [7, 11) is 1.49. The number of hydrogen-bond donors (Lipinski definition) is 0. The van der Waals surface area contributed by atoms with Crippen molar-refractivity contribution in [3.63, 3.8) is 0 Å². The van der Waals surface area contributed by atoms with Crippen LogP contribution in [0, 0.1) is 0 Å². The highest BCUT2D eigenvalue weighted by Gasteiger charge is 2.28. The molecule has 1 aromatic carbocycles. The van der Waals surface area contributed by atoms with Gasteiger partial charge in [0.2, 0.25) is 0 Å². The summed E-state index contributed by atoms with van der Waals surface area (Å²) in [6, 6.07) is 5.43. The molecule has 0 aromatic heterocycles. The van der Waals surface area contributed by atoms with E-state index in [4.69, 9.17) is 9.47 Å². The normalized spacial score (nSPS) is 13.1. The Hall–Kier alpha value is -1.43. The summed E-state index contributed by atoms with van der Waals surface area (Å²) in [6.45, 7) is 3.42. The zero-order valence-corrected chi connectivity index (χ0v) is 11.8. The number of methoxy groups -OCH3 is 1. The Labute approximate surface area is 116 Å². The Bertz CT molecular complexity index is 419. The molecule has 20 heavy (non-hydrogen) atoms. The third-order valence-corrected chi connectivity index (χ3v) is 2.98. The van der Waals surface area contributed by atoms with Crippen LogP contribution in [-0.4, -0.2) is 26.7 Å². The van der Waals surface area contributed by atoms with Crippen molar-refractivity contribution in [3.05, 3.63) is 23.8 Å². The van der Waals surface area contributed by atoms with E-state index in [1.54, 1.807) is 6.07 Å². The fraction of sp³-hybridized carbons (Fsp3) is 0.571. The van der Waals surface area contributed by atoms with Crippen LogP contribution in [0.15, 0.2) is 18.2 Å². The first-order valence-electron chi connectivity index (χ1n) is 6.38. The lowest BCUT2D eigenvalue weighted by molar-refractivity contribution is -0.325. The van der Waals surface area contributed by atoms with Gasteiger partial charge < -0.3 is 9.47 Å². The van der Waals surface area contributed by atoms with Crippen molar-refractivity contribution in [1.82, 2.24) is 0 Å². The lowest BCUT2D eigenvalue weighted by atomic mass is 9.98. The van der Waals surface area contributed by atoms with Crippen LogP contribution in [-0.2, 0) is 4.74 Å². The molecule has 0 bridgehead atoms. The van der Waals surface area contributed by atoms with Crippen molar-refractivity contribution in [3.8, 4) is 11.5 Å². The quantitative estimate of drug-likeness (QED) is 0.707. The Kier molecular flexibility index (Phi) is 6.13. The van der Waals surface area contributed by atoms with Crippen LogP contribution < -0.4 is 9.47 Å². The molecule has 1 rings (SSSR count). The number of rotatable bonds is 7. The van der Waals surface area contributed by atoms with Crippen molar-refractivity contribution in [2.24, 2.45) is 0 Å². The van der Waals surface area contributed by atoms with Crippen LogP contribution in [0.5, 0.6) is 11.5 Å². The Morgan fingerprint density at radius 1 is 1.15 bits per heavy atom. The summed E-state index contributed by atoms with van der Waals surface area (Å²) >= 11 is 0. The van der Waals surface area contributed by atoms with Crippen molar-refractivity contribution in [1.29, 1.82) is 0 Å². The summed E-state index contributed by atoms with van der Waals surface area (Å²) in [5.74, 6) is 1.30. The van der Waals surface area contributed by atoms with E-state index in [1.165, 1.54) is 7.11 Å². The van der Waals surface area contributed by atoms with Gasteiger partial charge in [-0.1, -0.05) is 19.9 Å². The van der Waals surface area contributed by atoms with E-state index in [0.29, 0.717) is 17.4 Å². The third kappa shape index (κ3) is 5.28. The molecule has 0 aliphatic carbocycles. The molecule has 6 heteroatoms. The molecule has 1 aromatic rings. The SMILES string of the molecule is CCC(C)c1ccc(OCCOC(F)(F)F)c(OC)c1. The number of ether oxygens (including phenoxy) is 3. The first-order valence-corrected chi connectivity index (χ1v) is 6.38.